The monoisotopic (exact) mass is 214 g/mol. The average Bonchev–Trinajstić information content (AvgIpc) is 2.18. The summed E-state index contributed by atoms with van der Waals surface area (Å²) in [6.07, 6.45) is 3.35. The Morgan fingerprint density at radius 2 is 1.93 bits per heavy atom. The maximum absolute atomic E-state index is 10.7. The molecule has 0 heterocycles. The molecule has 0 unspecified atom stereocenters. The SMILES string of the molecule is NC(N)=NNCC1CCC(C(=O)O)CC1. The first-order valence-corrected chi connectivity index (χ1v) is 5.14. The first-order chi connectivity index (χ1) is 7.09. The third-order valence-electron chi connectivity index (χ3n) is 2.78. The van der Waals surface area contributed by atoms with Gasteiger partial charge in [0.1, 0.15) is 0 Å². The molecule has 6 heteroatoms. The van der Waals surface area contributed by atoms with Crippen LogP contribution in [0.2, 0.25) is 0 Å². The third-order valence-corrected chi connectivity index (χ3v) is 2.78. The maximum atomic E-state index is 10.7. The summed E-state index contributed by atoms with van der Waals surface area (Å²) in [7, 11) is 0. The van der Waals surface area contributed by atoms with Gasteiger partial charge in [0.15, 0.2) is 0 Å². The summed E-state index contributed by atoms with van der Waals surface area (Å²) in [5.74, 6) is -0.340. The van der Waals surface area contributed by atoms with Crippen LogP contribution in [0.3, 0.4) is 0 Å². The first-order valence-electron chi connectivity index (χ1n) is 5.14. The molecule has 1 saturated carbocycles. The fourth-order valence-corrected chi connectivity index (χ4v) is 1.88. The summed E-state index contributed by atoms with van der Waals surface area (Å²) in [5, 5.41) is 12.5. The Bertz CT molecular complexity index is 242. The van der Waals surface area contributed by atoms with E-state index in [4.69, 9.17) is 16.6 Å². The highest BCUT2D eigenvalue weighted by atomic mass is 16.4. The molecule has 0 radical (unpaired) electrons. The number of hydrazone groups is 1. The topological polar surface area (TPSA) is 114 Å². The number of aliphatic carboxylic acids is 1. The summed E-state index contributed by atoms with van der Waals surface area (Å²) in [5.41, 5.74) is 13.1. The Morgan fingerprint density at radius 1 is 1.33 bits per heavy atom. The number of hydrogen-bond donors (Lipinski definition) is 4. The molecule has 0 spiro atoms. The van der Waals surface area contributed by atoms with Crippen molar-refractivity contribution in [2.24, 2.45) is 28.4 Å². The number of carboxylic acids is 1. The molecule has 86 valence electrons. The molecular weight excluding hydrogens is 196 g/mol. The van der Waals surface area contributed by atoms with E-state index >= 15 is 0 Å². The fourth-order valence-electron chi connectivity index (χ4n) is 1.88. The Hall–Kier alpha value is -1.46. The van der Waals surface area contributed by atoms with Crippen molar-refractivity contribution in [2.45, 2.75) is 25.7 Å². The first kappa shape index (κ1) is 11.6. The molecule has 0 aliphatic heterocycles. The van der Waals surface area contributed by atoms with E-state index in [1.54, 1.807) is 0 Å². The molecule has 0 amide bonds. The number of carboxylic acid groups (broad SMARTS) is 1. The van der Waals surface area contributed by atoms with Gasteiger partial charge in [-0.15, -0.1) is 5.10 Å². The van der Waals surface area contributed by atoms with E-state index in [1.165, 1.54) is 0 Å². The average molecular weight is 214 g/mol. The minimum atomic E-state index is -0.675. The molecular formula is C9H18N4O2. The van der Waals surface area contributed by atoms with E-state index < -0.39 is 5.97 Å². The van der Waals surface area contributed by atoms with Crippen molar-refractivity contribution in [3.05, 3.63) is 0 Å². The van der Waals surface area contributed by atoms with Crippen LogP contribution in [0.1, 0.15) is 25.7 Å². The van der Waals surface area contributed by atoms with Gasteiger partial charge in [-0.1, -0.05) is 0 Å². The zero-order valence-corrected chi connectivity index (χ0v) is 8.65. The van der Waals surface area contributed by atoms with E-state index in [2.05, 4.69) is 10.5 Å². The molecule has 1 rings (SSSR count). The van der Waals surface area contributed by atoms with Gasteiger partial charge in [0.25, 0.3) is 0 Å². The van der Waals surface area contributed by atoms with Crippen molar-refractivity contribution in [2.75, 3.05) is 6.54 Å². The van der Waals surface area contributed by atoms with Crippen LogP contribution in [0.25, 0.3) is 0 Å². The second kappa shape index (κ2) is 5.43. The predicted molar refractivity (Wildman–Crippen MR) is 56.9 cm³/mol. The molecule has 1 fully saturated rings. The molecule has 0 saturated heterocycles. The highest BCUT2D eigenvalue weighted by molar-refractivity contribution is 5.75. The maximum Gasteiger partial charge on any atom is 0.306 e. The van der Waals surface area contributed by atoms with Gasteiger partial charge in [-0.2, -0.15) is 0 Å². The van der Waals surface area contributed by atoms with Crippen LogP contribution < -0.4 is 16.9 Å². The zero-order chi connectivity index (χ0) is 11.3. The summed E-state index contributed by atoms with van der Waals surface area (Å²) < 4.78 is 0. The van der Waals surface area contributed by atoms with Gasteiger partial charge in [0.05, 0.1) is 5.92 Å². The Kier molecular flexibility index (Phi) is 4.20. The second-order valence-electron chi connectivity index (χ2n) is 3.95. The normalized spacial score (nSPS) is 25.6. The number of carbonyl (C=O) groups is 1. The molecule has 0 atom stereocenters. The number of nitrogens with one attached hydrogen (secondary N) is 1. The van der Waals surface area contributed by atoms with Gasteiger partial charge >= 0.3 is 5.97 Å². The van der Waals surface area contributed by atoms with Crippen LogP contribution in [0.15, 0.2) is 5.10 Å². The molecule has 6 N–H and O–H groups in total. The predicted octanol–water partition coefficient (Wildman–Crippen LogP) is -0.345. The largest absolute Gasteiger partial charge is 0.481 e. The smallest absolute Gasteiger partial charge is 0.306 e. The molecule has 15 heavy (non-hydrogen) atoms. The van der Waals surface area contributed by atoms with Gasteiger partial charge in [-0.3, -0.25) is 4.79 Å². The van der Waals surface area contributed by atoms with Crippen molar-refractivity contribution in [3.8, 4) is 0 Å². The van der Waals surface area contributed by atoms with Crippen LogP contribution in [0, 0.1) is 11.8 Å². The van der Waals surface area contributed by atoms with Gasteiger partial charge < -0.3 is 22.0 Å². The molecule has 0 bridgehead atoms. The molecule has 6 nitrogen and oxygen atoms in total. The molecule has 0 aromatic carbocycles. The molecule has 1 aliphatic rings. The second-order valence-corrected chi connectivity index (χ2v) is 3.95. The summed E-state index contributed by atoms with van der Waals surface area (Å²) >= 11 is 0. The lowest BCUT2D eigenvalue weighted by atomic mass is 9.82. The van der Waals surface area contributed by atoms with E-state index in [1.807, 2.05) is 0 Å². The van der Waals surface area contributed by atoms with Gasteiger partial charge in [0, 0.05) is 6.54 Å². The van der Waals surface area contributed by atoms with Crippen LogP contribution in [-0.2, 0) is 4.79 Å². The summed E-state index contributed by atoms with van der Waals surface area (Å²) in [6, 6.07) is 0. The summed E-state index contributed by atoms with van der Waals surface area (Å²) in [6.45, 7) is 0.713. The summed E-state index contributed by atoms with van der Waals surface area (Å²) in [4.78, 5) is 10.7. The Balaban J connectivity index is 2.20. The van der Waals surface area contributed by atoms with Gasteiger partial charge in [-0.25, -0.2) is 0 Å². The lowest BCUT2D eigenvalue weighted by molar-refractivity contribution is -0.143. The minimum absolute atomic E-state index is 0.0224. The highest BCUT2D eigenvalue weighted by Gasteiger charge is 2.25. The number of guanidine groups is 1. The van der Waals surface area contributed by atoms with Crippen molar-refractivity contribution >= 4 is 11.9 Å². The Morgan fingerprint density at radius 3 is 2.40 bits per heavy atom. The highest BCUT2D eigenvalue weighted by Crippen LogP contribution is 2.28. The van der Waals surface area contributed by atoms with Crippen LogP contribution >= 0.6 is 0 Å². The number of nitrogens with zero attached hydrogens (tertiary/aromatic N) is 1. The van der Waals surface area contributed by atoms with E-state index in [-0.39, 0.29) is 11.9 Å². The third kappa shape index (κ3) is 4.05. The van der Waals surface area contributed by atoms with E-state index in [9.17, 15) is 4.79 Å². The van der Waals surface area contributed by atoms with Gasteiger partial charge in [-0.05, 0) is 31.6 Å². The van der Waals surface area contributed by atoms with E-state index in [0.717, 1.165) is 25.7 Å². The Labute approximate surface area is 88.7 Å². The van der Waals surface area contributed by atoms with Crippen molar-refractivity contribution in [3.63, 3.8) is 0 Å². The molecule has 1 aliphatic carbocycles. The van der Waals surface area contributed by atoms with Gasteiger partial charge in [0.2, 0.25) is 5.96 Å². The molecule has 0 aromatic heterocycles. The number of rotatable bonds is 4. The standard InChI is InChI=1S/C9H18N4O2/c10-9(11)13-12-5-6-1-3-7(4-2-6)8(14)15/h6-7,12H,1-5H2,(H,14,15)(H4,10,11,13). The van der Waals surface area contributed by atoms with Crippen LogP contribution in [-0.4, -0.2) is 23.6 Å². The minimum Gasteiger partial charge on any atom is -0.481 e. The number of nitrogens with two attached hydrogens (primary N) is 2. The van der Waals surface area contributed by atoms with E-state index in [0.29, 0.717) is 12.5 Å². The quantitative estimate of drug-likeness (QED) is 0.290. The lowest BCUT2D eigenvalue weighted by Crippen LogP contribution is -2.30. The fraction of sp³-hybridized carbons (Fsp3) is 0.778. The van der Waals surface area contributed by atoms with Crippen molar-refractivity contribution in [1.29, 1.82) is 0 Å². The van der Waals surface area contributed by atoms with Crippen molar-refractivity contribution < 1.29 is 9.90 Å². The molecule has 0 aromatic rings. The lowest BCUT2D eigenvalue weighted by Gasteiger charge is -2.25. The van der Waals surface area contributed by atoms with Crippen LogP contribution in [0.5, 0.6) is 0 Å². The number of hydrogen-bond acceptors (Lipinski definition) is 3. The zero-order valence-electron chi connectivity index (χ0n) is 8.65. The van der Waals surface area contributed by atoms with Crippen LogP contribution in [0.4, 0.5) is 0 Å². The van der Waals surface area contributed by atoms with Crippen molar-refractivity contribution in [1.82, 2.24) is 5.43 Å².